The van der Waals surface area contributed by atoms with E-state index in [0.29, 0.717) is 5.69 Å². The molecular weight excluding hydrogens is 303 g/mol. The van der Waals surface area contributed by atoms with Crippen LogP contribution in [0, 0.1) is 5.82 Å². The van der Waals surface area contributed by atoms with Crippen LogP contribution in [-0.2, 0) is 18.3 Å². The van der Waals surface area contributed by atoms with Crippen LogP contribution in [0.15, 0.2) is 29.4 Å². The van der Waals surface area contributed by atoms with Crippen LogP contribution in [0.1, 0.15) is 25.6 Å². The smallest absolute Gasteiger partial charge is 0.234 e. The van der Waals surface area contributed by atoms with Gasteiger partial charge in [0, 0.05) is 19.2 Å². The van der Waals surface area contributed by atoms with E-state index in [1.165, 1.54) is 36.0 Å². The van der Waals surface area contributed by atoms with Crippen LogP contribution < -0.4 is 5.32 Å². The van der Waals surface area contributed by atoms with E-state index < -0.39 is 0 Å². The van der Waals surface area contributed by atoms with Crippen molar-refractivity contribution in [3.05, 3.63) is 35.9 Å². The van der Waals surface area contributed by atoms with Crippen LogP contribution in [-0.4, -0.2) is 26.4 Å². The monoisotopic (exact) mass is 322 g/mol. The highest BCUT2D eigenvalue weighted by molar-refractivity contribution is 7.99. The number of thioether (sulfide) groups is 1. The molecule has 0 spiro atoms. The molecule has 1 heterocycles. The van der Waals surface area contributed by atoms with Gasteiger partial charge in [-0.3, -0.25) is 4.79 Å². The van der Waals surface area contributed by atoms with E-state index in [1.807, 2.05) is 11.6 Å². The molecule has 1 N–H and O–H groups in total. The molecule has 0 saturated heterocycles. The van der Waals surface area contributed by atoms with Gasteiger partial charge in [-0.2, -0.15) is 0 Å². The lowest BCUT2D eigenvalue weighted by Crippen LogP contribution is -2.14. The first kappa shape index (κ1) is 16.5. The minimum absolute atomic E-state index is 0.158. The second kappa shape index (κ2) is 7.93. The van der Waals surface area contributed by atoms with Crippen LogP contribution in [0.5, 0.6) is 0 Å². The Balaban J connectivity index is 1.85. The van der Waals surface area contributed by atoms with Crippen molar-refractivity contribution in [1.82, 2.24) is 14.8 Å². The van der Waals surface area contributed by atoms with Gasteiger partial charge in [0.05, 0.1) is 5.75 Å². The Kier molecular flexibility index (Phi) is 5.94. The number of benzene rings is 1. The van der Waals surface area contributed by atoms with Crippen molar-refractivity contribution in [2.24, 2.45) is 7.05 Å². The van der Waals surface area contributed by atoms with E-state index in [1.54, 1.807) is 0 Å². The Labute approximate surface area is 133 Å². The number of carbonyl (C=O) groups is 1. The number of carbonyl (C=O) groups excluding carboxylic acids is 1. The summed E-state index contributed by atoms with van der Waals surface area (Å²) in [5.41, 5.74) is 0.577. The molecule has 1 amide bonds. The number of rotatable bonds is 7. The van der Waals surface area contributed by atoms with E-state index in [-0.39, 0.29) is 17.5 Å². The molecule has 0 fully saturated rings. The Bertz CT molecular complexity index is 627. The molecule has 7 heteroatoms. The van der Waals surface area contributed by atoms with Gasteiger partial charge in [-0.15, -0.1) is 10.2 Å². The normalized spacial score (nSPS) is 10.7. The largest absolute Gasteiger partial charge is 0.325 e. The molecule has 0 radical (unpaired) electrons. The molecule has 22 heavy (non-hydrogen) atoms. The molecular formula is C15H19FN4OS. The standard InChI is InChI=1S/C15H19FN4OS/c1-3-4-5-13-18-19-15(20(13)2)22-10-14(21)17-12-8-6-11(16)7-9-12/h6-9H,3-5,10H2,1-2H3,(H,17,21). The summed E-state index contributed by atoms with van der Waals surface area (Å²) in [6.45, 7) is 2.13. The molecule has 5 nitrogen and oxygen atoms in total. The molecule has 0 unspecified atom stereocenters. The van der Waals surface area contributed by atoms with Crippen molar-refractivity contribution in [1.29, 1.82) is 0 Å². The lowest BCUT2D eigenvalue weighted by molar-refractivity contribution is -0.113. The summed E-state index contributed by atoms with van der Waals surface area (Å²) >= 11 is 1.34. The maximum absolute atomic E-state index is 12.8. The zero-order valence-electron chi connectivity index (χ0n) is 12.7. The molecule has 118 valence electrons. The van der Waals surface area contributed by atoms with E-state index in [9.17, 15) is 9.18 Å². The molecule has 0 bridgehead atoms. The van der Waals surface area contributed by atoms with Gasteiger partial charge in [0.15, 0.2) is 5.16 Å². The molecule has 1 aromatic carbocycles. The summed E-state index contributed by atoms with van der Waals surface area (Å²) in [6.07, 6.45) is 3.07. The molecule has 2 aromatic rings. The van der Waals surface area contributed by atoms with Crippen LogP contribution >= 0.6 is 11.8 Å². The zero-order chi connectivity index (χ0) is 15.9. The number of nitrogens with zero attached hydrogens (tertiary/aromatic N) is 3. The quantitative estimate of drug-likeness (QED) is 0.796. The van der Waals surface area contributed by atoms with Crippen LogP contribution in [0.25, 0.3) is 0 Å². The van der Waals surface area contributed by atoms with Gasteiger partial charge in [0.2, 0.25) is 5.91 Å². The summed E-state index contributed by atoms with van der Waals surface area (Å²) in [5, 5.41) is 11.7. The lowest BCUT2D eigenvalue weighted by atomic mass is 10.2. The fraction of sp³-hybridized carbons (Fsp3) is 0.400. The van der Waals surface area contributed by atoms with Crippen molar-refractivity contribution < 1.29 is 9.18 Å². The van der Waals surface area contributed by atoms with Gasteiger partial charge >= 0.3 is 0 Å². The highest BCUT2D eigenvalue weighted by atomic mass is 32.2. The summed E-state index contributed by atoms with van der Waals surface area (Å²) < 4.78 is 14.7. The third-order valence-corrected chi connectivity index (χ3v) is 4.16. The van der Waals surface area contributed by atoms with Gasteiger partial charge in [0.1, 0.15) is 11.6 Å². The molecule has 1 aromatic heterocycles. The highest BCUT2D eigenvalue weighted by Crippen LogP contribution is 2.17. The first-order chi connectivity index (χ1) is 10.6. The van der Waals surface area contributed by atoms with Gasteiger partial charge in [-0.1, -0.05) is 25.1 Å². The topological polar surface area (TPSA) is 59.8 Å². The Morgan fingerprint density at radius 1 is 1.32 bits per heavy atom. The average molecular weight is 322 g/mol. The summed E-state index contributed by atoms with van der Waals surface area (Å²) in [4.78, 5) is 11.9. The van der Waals surface area contributed by atoms with Crippen LogP contribution in [0.4, 0.5) is 10.1 Å². The first-order valence-electron chi connectivity index (χ1n) is 7.16. The number of aryl methyl sites for hydroxylation is 1. The molecule has 2 rings (SSSR count). The number of unbranched alkanes of at least 4 members (excludes halogenated alkanes) is 1. The molecule has 0 saturated carbocycles. The zero-order valence-corrected chi connectivity index (χ0v) is 13.5. The summed E-state index contributed by atoms with van der Waals surface area (Å²) in [7, 11) is 1.91. The number of hydrogen-bond acceptors (Lipinski definition) is 4. The fourth-order valence-electron chi connectivity index (χ4n) is 1.88. The maximum atomic E-state index is 12.8. The van der Waals surface area contributed by atoms with E-state index in [2.05, 4.69) is 22.4 Å². The molecule has 0 aliphatic rings. The maximum Gasteiger partial charge on any atom is 0.234 e. The number of anilines is 1. The third kappa shape index (κ3) is 4.56. The van der Waals surface area contributed by atoms with Crippen molar-refractivity contribution in [2.75, 3.05) is 11.1 Å². The molecule has 0 aliphatic carbocycles. The van der Waals surface area contributed by atoms with E-state index >= 15 is 0 Å². The van der Waals surface area contributed by atoms with Gasteiger partial charge < -0.3 is 9.88 Å². The Morgan fingerprint density at radius 2 is 2.05 bits per heavy atom. The number of amides is 1. The predicted molar refractivity (Wildman–Crippen MR) is 85.4 cm³/mol. The van der Waals surface area contributed by atoms with Crippen molar-refractivity contribution in [2.45, 2.75) is 31.3 Å². The second-order valence-electron chi connectivity index (χ2n) is 4.91. The van der Waals surface area contributed by atoms with E-state index in [4.69, 9.17) is 0 Å². The lowest BCUT2D eigenvalue weighted by Gasteiger charge is -2.05. The number of aromatic nitrogens is 3. The first-order valence-corrected chi connectivity index (χ1v) is 8.15. The SMILES string of the molecule is CCCCc1nnc(SCC(=O)Nc2ccc(F)cc2)n1C. The van der Waals surface area contributed by atoms with E-state index in [0.717, 1.165) is 30.2 Å². The summed E-state index contributed by atoms with van der Waals surface area (Å²) in [5.74, 6) is 0.681. The Morgan fingerprint density at radius 3 is 2.73 bits per heavy atom. The average Bonchev–Trinajstić information content (AvgIpc) is 2.86. The highest BCUT2D eigenvalue weighted by Gasteiger charge is 2.11. The minimum atomic E-state index is -0.328. The third-order valence-electron chi connectivity index (χ3n) is 3.14. The number of nitrogens with one attached hydrogen (secondary N) is 1. The van der Waals surface area contributed by atoms with Crippen molar-refractivity contribution in [3.63, 3.8) is 0 Å². The molecule has 0 aliphatic heterocycles. The van der Waals surface area contributed by atoms with Gasteiger partial charge in [0.25, 0.3) is 0 Å². The fourth-order valence-corrected chi connectivity index (χ4v) is 2.61. The molecule has 0 atom stereocenters. The van der Waals surface area contributed by atoms with Crippen LogP contribution in [0.2, 0.25) is 0 Å². The Hall–Kier alpha value is -1.89. The number of halogens is 1. The van der Waals surface area contributed by atoms with Crippen molar-refractivity contribution in [3.8, 4) is 0 Å². The van der Waals surface area contributed by atoms with Gasteiger partial charge in [-0.25, -0.2) is 4.39 Å². The predicted octanol–water partition coefficient (Wildman–Crippen LogP) is 3.03. The van der Waals surface area contributed by atoms with Crippen LogP contribution in [0.3, 0.4) is 0 Å². The summed E-state index contributed by atoms with van der Waals surface area (Å²) in [6, 6.07) is 5.68. The minimum Gasteiger partial charge on any atom is -0.325 e. The second-order valence-corrected chi connectivity index (χ2v) is 5.85. The van der Waals surface area contributed by atoms with Gasteiger partial charge in [-0.05, 0) is 30.7 Å². The number of hydrogen-bond donors (Lipinski definition) is 1. The van der Waals surface area contributed by atoms with Crippen molar-refractivity contribution >= 4 is 23.4 Å².